The van der Waals surface area contributed by atoms with Gasteiger partial charge in [0.1, 0.15) is 6.61 Å². The number of hydrogen-bond donors (Lipinski definition) is 0. The van der Waals surface area contributed by atoms with E-state index < -0.39 is 0 Å². The highest BCUT2D eigenvalue weighted by Gasteiger charge is 2.04. The molecule has 0 bridgehead atoms. The molecule has 0 spiro atoms. The Morgan fingerprint density at radius 3 is 2.33 bits per heavy atom. The van der Waals surface area contributed by atoms with E-state index in [-0.39, 0.29) is 12.4 Å². The second-order valence-electron chi connectivity index (χ2n) is 4.04. The van der Waals surface area contributed by atoms with Crippen LogP contribution in [-0.2, 0) is 16.0 Å². The fraction of sp³-hybridized carbons (Fsp3) is 0.462. The molecule has 0 aromatic heterocycles. The summed E-state index contributed by atoms with van der Waals surface area (Å²) in [6, 6.07) is 8.20. The quantitative estimate of drug-likeness (QED) is 0.740. The van der Waals surface area contributed by atoms with Gasteiger partial charge in [-0.15, -0.1) is 0 Å². The van der Waals surface area contributed by atoms with Gasteiger partial charge < -0.3 is 4.74 Å². The first-order valence-corrected chi connectivity index (χ1v) is 5.23. The Kier molecular flexibility index (Phi) is 4.50. The van der Waals surface area contributed by atoms with Gasteiger partial charge in [-0.3, -0.25) is 4.79 Å². The van der Waals surface area contributed by atoms with Gasteiger partial charge in [0.2, 0.25) is 0 Å². The summed E-state index contributed by atoms with van der Waals surface area (Å²) >= 11 is 0. The topological polar surface area (TPSA) is 26.3 Å². The molecule has 0 N–H and O–H groups in total. The zero-order valence-electron chi connectivity index (χ0n) is 9.62. The number of carbonyl (C=O) groups excluding carboxylic acids is 1. The van der Waals surface area contributed by atoms with Crippen LogP contribution in [0.2, 0.25) is 0 Å². The van der Waals surface area contributed by atoms with Crippen molar-refractivity contribution in [3.05, 3.63) is 35.4 Å². The lowest BCUT2D eigenvalue weighted by Crippen LogP contribution is -2.09. The van der Waals surface area contributed by atoms with Gasteiger partial charge in [-0.05, 0) is 17.0 Å². The Balaban J connectivity index is 2.60. The lowest BCUT2D eigenvalue weighted by atomic mass is 10.0. The fourth-order valence-electron chi connectivity index (χ4n) is 1.46. The van der Waals surface area contributed by atoms with E-state index in [4.69, 9.17) is 4.74 Å². The van der Waals surface area contributed by atoms with E-state index in [0.29, 0.717) is 12.3 Å². The Morgan fingerprint density at radius 1 is 1.27 bits per heavy atom. The number of ketones is 1. The van der Waals surface area contributed by atoms with Gasteiger partial charge in [-0.2, -0.15) is 0 Å². The van der Waals surface area contributed by atoms with Crippen molar-refractivity contribution >= 4 is 5.78 Å². The third-order valence-electron chi connectivity index (χ3n) is 2.35. The first-order valence-electron chi connectivity index (χ1n) is 5.23. The van der Waals surface area contributed by atoms with E-state index in [1.807, 2.05) is 12.1 Å². The smallest absolute Gasteiger partial charge is 0.162 e. The van der Waals surface area contributed by atoms with Crippen LogP contribution in [0.5, 0.6) is 0 Å². The second-order valence-corrected chi connectivity index (χ2v) is 4.04. The van der Waals surface area contributed by atoms with Crippen molar-refractivity contribution in [2.75, 3.05) is 13.7 Å². The molecule has 0 heterocycles. The molecular formula is C13H18O2. The maximum atomic E-state index is 11.3. The van der Waals surface area contributed by atoms with Crippen molar-refractivity contribution in [1.82, 2.24) is 0 Å². The molecule has 0 saturated heterocycles. The summed E-state index contributed by atoms with van der Waals surface area (Å²) in [6.45, 7) is 4.52. The average Bonchev–Trinajstić information content (AvgIpc) is 2.18. The Labute approximate surface area is 91.3 Å². The van der Waals surface area contributed by atoms with Crippen molar-refractivity contribution in [3.63, 3.8) is 0 Å². The number of Topliss-reactive ketones (excluding diaryl/α,β-unsaturated/α-hetero) is 1. The maximum Gasteiger partial charge on any atom is 0.162 e. The van der Waals surface area contributed by atoms with Crippen molar-refractivity contribution in [2.24, 2.45) is 0 Å². The second kappa shape index (κ2) is 5.66. The lowest BCUT2D eigenvalue weighted by Gasteiger charge is -2.06. The molecule has 0 aliphatic carbocycles. The number of methoxy groups -OCH3 is 1. The minimum atomic E-state index is 0.120. The molecule has 0 unspecified atom stereocenters. The van der Waals surface area contributed by atoms with Crippen LogP contribution in [0.1, 0.15) is 30.9 Å². The lowest BCUT2D eigenvalue weighted by molar-refractivity contribution is -0.121. The molecule has 15 heavy (non-hydrogen) atoms. The largest absolute Gasteiger partial charge is 0.377 e. The molecule has 1 aromatic carbocycles. The fourth-order valence-corrected chi connectivity index (χ4v) is 1.46. The number of carbonyl (C=O) groups is 1. The van der Waals surface area contributed by atoms with Crippen LogP contribution in [-0.4, -0.2) is 19.5 Å². The Hall–Kier alpha value is -1.15. The van der Waals surface area contributed by atoms with Crippen molar-refractivity contribution in [2.45, 2.75) is 26.2 Å². The summed E-state index contributed by atoms with van der Waals surface area (Å²) in [4.78, 5) is 11.3. The third-order valence-corrected chi connectivity index (χ3v) is 2.35. The van der Waals surface area contributed by atoms with Gasteiger partial charge in [0.15, 0.2) is 5.78 Å². The molecule has 0 aliphatic rings. The highest BCUT2D eigenvalue weighted by atomic mass is 16.5. The Morgan fingerprint density at radius 2 is 1.87 bits per heavy atom. The molecule has 0 fully saturated rings. The van der Waals surface area contributed by atoms with E-state index in [0.717, 1.165) is 5.56 Å². The molecule has 82 valence electrons. The monoisotopic (exact) mass is 206 g/mol. The van der Waals surface area contributed by atoms with Crippen LogP contribution in [0.15, 0.2) is 24.3 Å². The predicted molar refractivity (Wildman–Crippen MR) is 61.1 cm³/mol. The summed E-state index contributed by atoms with van der Waals surface area (Å²) in [7, 11) is 1.54. The average molecular weight is 206 g/mol. The van der Waals surface area contributed by atoms with Gasteiger partial charge in [-0.1, -0.05) is 38.1 Å². The van der Waals surface area contributed by atoms with Crippen LogP contribution in [0.3, 0.4) is 0 Å². The van der Waals surface area contributed by atoms with Crippen molar-refractivity contribution < 1.29 is 9.53 Å². The zero-order valence-corrected chi connectivity index (χ0v) is 9.62. The number of benzene rings is 1. The number of ether oxygens (including phenoxy) is 1. The van der Waals surface area contributed by atoms with Crippen molar-refractivity contribution in [3.8, 4) is 0 Å². The standard InChI is InChI=1S/C13H18O2/c1-10(2)12-6-4-11(5-7-12)8-13(14)9-15-3/h4-7,10H,8-9H2,1-3H3. The summed E-state index contributed by atoms with van der Waals surface area (Å²) in [5.74, 6) is 0.656. The van der Waals surface area contributed by atoms with Gasteiger partial charge >= 0.3 is 0 Å². The molecule has 0 saturated carbocycles. The van der Waals surface area contributed by atoms with Gasteiger partial charge in [0.05, 0.1) is 0 Å². The van der Waals surface area contributed by atoms with Gasteiger partial charge in [-0.25, -0.2) is 0 Å². The molecule has 0 radical (unpaired) electrons. The van der Waals surface area contributed by atoms with Gasteiger partial charge in [0, 0.05) is 13.5 Å². The summed E-state index contributed by atoms with van der Waals surface area (Å²) in [5, 5.41) is 0. The molecule has 1 rings (SSSR count). The molecular weight excluding hydrogens is 188 g/mol. The first-order chi connectivity index (χ1) is 7.13. The molecule has 0 aliphatic heterocycles. The van der Waals surface area contributed by atoms with E-state index in [1.165, 1.54) is 5.56 Å². The molecule has 1 aromatic rings. The van der Waals surface area contributed by atoms with Crippen LogP contribution >= 0.6 is 0 Å². The third kappa shape index (κ3) is 3.84. The molecule has 2 nitrogen and oxygen atoms in total. The zero-order chi connectivity index (χ0) is 11.3. The van der Waals surface area contributed by atoms with E-state index >= 15 is 0 Å². The number of rotatable bonds is 5. The number of hydrogen-bond acceptors (Lipinski definition) is 2. The predicted octanol–water partition coefficient (Wildman–Crippen LogP) is 2.57. The highest BCUT2D eigenvalue weighted by molar-refractivity contribution is 5.82. The van der Waals surface area contributed by atoms with E-state index in [2.05, 4.69) is 26.0 Å². The van der Waals surface area contributed by atoms with E-state index in [9.17, 15) is 4.79 Å². The Bertz CT molecular complexity index is 312. The van der Waals surface area contributed by atoms with Gasteiger partial charge in [0.25, 0.3) is 0 Å². The summed E-state index contributed by atoms with van der Waals surface area (Å²) in [6.07, 6.45) is 0.464. The minimum absolute atomic E-state index is 0.120. The van der Waals surface area contributed by atoms with Crippen LogP contribution in [0.4, 0.5) is 0 Å². The first kappa shape index (κ1) is 11.9. The maximum absolute atomic E-state index is 11.3. The molecule has 2 heteroatoms. The highest BCUT2D eigenvalue weighted by Crippen LogP contribution is 2.14. The summed E-state index contributed by atoms with van der Waals surface area (Å²) < 4.78 is 4.79. The van der Waals surface area contributed by atoms with Crippen LogP contribution in [0, 0.1) is 0 Å². The van der Waals surface area contributed by atoms with Crippen molar-refractivity contribution in [1.29, 1.82) is 0 Å². The molecule has 0 amide bonds. The van der Waals surface area contributed by atoms with E-state index in [1.54, 1.807) is 7.11 Å². The van der Waals surface area contributed by atoms with Crippen LogP contribution in [0.25, 0.3) is 0 Å². The van der Waals surface area contributed by atoms with Crippen LogP contribution < -0.4 is 0 Å². The SMILES string of the molecule is COCC(=O)Cc1ccc(C(C)C)cc1. The molecule has 0 atom stereocenters. The normalized spacial score (nSPS) is 10.7. The minimum Gasteiger partial charge on any atom is -0.377 e. The summed E-state index contributed by atoms with van der Waals surface area (Å²) in [5.41, 5.74) is 2.36.